The van der Waals surface area contributed by atoms with E-state index in [0.717, 1.165) is 48.2 Å². The van der Waals surface area contributed by atoms with Crippen LogP contribution in [0.4, 0.5) is 10.1 Å². The van der Waals surface area contributed by atoms with E-state index in [1.807, 2.05) is 30.3 Å². The van der Waals surface area contributed by atoms with Gasteiger partial charge in [0.15, 0.2) is 5.78 Å². The number of anilines is 1. The van der Waals surface area contributed by atoms with Crippen LogP contribution >= 0.6 is 0 Å². The van der Waals surface area contributed by atoms with Crippen LogP contribution < -0.4 is 9.62 Å². The van der Waals surface area contributed by atoms with Crippen molar-refractivity contribution >= 4 is 33.3 Å². The Morgan fingerprint density at radius 3 is 2.26 bits per heavy atom. The molecule has 3 aromatic carbocycles. The highest BCUT2D eigenvalue weighted by molar-refractivity contribution is 7.92. The number of amides is 2. The van der Waals surface area contributed by atoms with E-state index in [9.17, 15) is 27.2 Å². The minimum atomic E-state index is -4.00. The fraction of sp³-hybridized carbons (Fsp3) is 0.364. The van der Waals surface area contributed by atoms with Crippen molar-refractivity contribution in [1.29, 1.82) is 0 Å². The summed E-state index contributed by atoms with van der Waals surface area (Å²) >= 11 is 0. The quantitative estimate of drug-likeness (QED) is 0.296. The van der Waals surface area contributed by atoms with Gasteiger partial charge in [0.25, 0.3) is 0 Å². The number of sulfonamides is 1. The number of benzene rings is 3. The second-order valence-electron chi connectivity index (χ2n) is 11.0. The number of nitrogens with one attached hydrogen (secondary N) is 1. The third-order valence-electron chi connectivity index (χ3n) is 7.74. The van der Waals surface area contributed by atoms with Crippen LogP contribution in [0.25, 0.3) is 0 Å². The van der Waals surface area contributed by atoms with Crippen LogP contribution in [0.2, 0.25) is 0 Å². The molecule has 43 heavy (non-hydrogen) atoms. The topological polar surface area (TPSA) is 104 Å². The maximum Gasteiger partial charge on any atom is 0.244 e. The average molecular weight is 608 g/mol. The predicted molar refractivity (Wildman–Crippen MR) is 165 cm³/mol. The summed E-state index contributed by atoms with van der Waals surface area (Å²) < 4.78 is 41.8. The van der Waals surface area contributed by atoms with Crippen molar-refractivity contribution in [3.05, 3.63) is 101 Å². The molecule has 1 atom stereocenters. The summed E-state index contributed by atoms with van der Waals surface area (Å²) in [5, 5.41) is 3.11. The van der Waals surface area contributed by atoms with Crippen molar-refractivity contribution in [3.8, 4) is 0 Å². The molecule has 0 aliphatic heterocycles. The molecule has 0 unspecified atom stereocenters. The molecule has 0 radical (unpaired) electrons. The Labute approximate surface area is 252 Å². The van der Waals surface area contributed by atoms with E-state index < -0.39 is 34.3 Å². The number of carbonyl (C=O) groups is 3. The van der Waals surface area contributed by atoms with Crippen molar-refractivity contribution in [2.45, 2.75) is 64.1 Å². The maximum absolute atomic E-state index is 14.9. The molecule has 3 aromatic rings. The van der Waals surface area contributed by atoms with Gasteiger partial charge in [0.05, 0.1) is 11.9 Å². The summed E-state index contributed by atoms with van der Waals surface area (Å²) in [7, 11) is -4.00. The zero-order chi connectivity index (χ0) is 31.0. The largest absolute Gasteiger partial charge is 0.352 e. The van der Waals surface area contributed by atoms with Gasteiger partial charge in [-0.05, 0) is 43.5 Å². The van der Waals surface area contributed by atoms with Gasteiger partial charge in [-0.25, -0.2) is 12.8 Å². The fourth-order valence-corrected chi connectivity index (χ4v) is 6.24. The fourth-order valence-electron chi connectivity index (χ4n) is 5.40. The highest BCUT2D eigenvalue weighted by Crippen LogP contribution is 2.23. The first-order chi connectivity index (χ1) is 20.5. The second-order valence-corrected chi connectivity index (χ2v) is 12.9. The van der Waals surface area contributed by atoms with Crippen LogP contribution in [0.3, 0.4) is 0 Å². The lowest BCUT2D eigenvalue weighted by molar-refractivity contribution is -0.140. The van der Waals surface area contributed by atoms with E-state index in [-0.39, 0.29) is 47.5 Å². The molecule has 4 rings (SSSR count). The van der Waals surface area contributed by atoms with E-state index in [0.29, 0.717) is 0 Å². The van der Waals surface area contributed by atoms with Crippen LogP contribution in [0.5, 0.6) is 0 Å². The Balaban J connectivity index is 1.74. The molecule has 10 heteroatoms. The van der Waals surface area contributed by atoms with Crippen LogP contribution in [0.1, 0.15) is 60.5 Å². The second kappa shape index (κ2) is 14.4. The highest BCUT2D eigenvalue weighted by Gasteiger charge is 2.34. The Kier molecular flexibility index (Phi) is 10.7. The predicted octanol–water partition coefficient (Wildman–Crippen LogP) is 4.88. The molecule has 0 saturated heterocycles. The Hall–Kier alpha value is -4.05. The van der Waals surface area contributed by atoms with Crippen molar-refractivity contribution in [3.63, 3.8) is 0 Å². The van der Waals surface area contributed by atoms with Gasteiger partial charge in [-0.2, -0.15) is 0 Å². The molecule has 0 aromatic heterocycles. The van der Waals surface area contributed by atoms with Crippen molar-refractivity contribution in [2.24, 2.45) is 0 Å². The summed E-state index contributed by atoms with van der Waals surface area (Å²) in [6.45, 7) is 0.479. The molecule has 228 valence electrons. The lowest BCUT2D eigenvalue weighted by Crippen LogP contribution is -2.55. The Bertz CT molecular complexity index is 1540. The third kappa shape index (κ3) is 8.73. The first-order valence-electron chi connectivity index (χ1n) is 14.5. The first-order valence-corrected chi connectivity index (χ1v) is 16.3. The molecule has 1 N–H and O–H groups in total. The smallest absolute Gasteiger partial charge is 0.244 e. The van der Waals surface area contributed by atoms with E-state index in [1.54, 1.807) is 24.3 Å². The SMILES string of the molecule is CC(=O)c1cccc(N(CC(=O)N(Cc2ccccc2F)[C@H](Cc2ccccc2)C(=O)NC2CCCCC2)S(C)(=O)=O)c1. The lowest BCUT2D eigenvalue weighted by Gasteiger charge is -2.35. The van der Waals surface area contributed by atoms with Gasteiger partial charge >= 0.3 is 0 Å². The van der Waals surface area contributed by atoms with Gasteiger partial charge in [-0.15, -0.1) is 0 Å². The van der Waals surface area contributed by atoms with Gasteiger partial charge in [0.1, 0.15) is 18.4 Å². The van der Waals surface area contributed by atoms with Gasteiger partial charge in [-0.3, -0.25) is 18.7 Å². The summed E-state index contributed by atoms with van der Waals surface area (Å²) in [6.07, 6.45) is 5.88. The van der Waals surface area contributed by atoms with Crippen molar-refractivity contribution < 1.29 is 27.2 Å². The molecule has 1 aliphatic carbocycles. The van der Waals surface area contributed by atoms with Crippen LogP contribution in [-0.2, 0) is 32.6 Å². The molecule has 8 nitrogen and oxygen atoms in total. The molecular formula is C33H38FN3O5S. The minimum absolute atomic E-state index is 0.0354. The third-order valence-corrected chi connectivity index (χ3v) is 8.88. The standard InChI is InChI=1S/C33H38FN3O5S/c1-24(38)26-15-11-18-29(21-26)37(43(2,41)42)23-32(39)36(22-27-14-9-10-19-30(27)34)31(20-25-12-5-3-6-13-25)33(40)35-28-16-7-4-8-17-28/h3,5-6,9-15,18-19,21,28,31H,4,7-8,16-17,20,22-23H2,1-2H3,(H,35,40)/t31-/m1/s1. The summed E-state index contributed by atoms with van der Waals surface area (Å²) in [6, 6.07) is 20.2. The Morgan fingerprint density at radius 1 is 0.930 bits per heavy atom. The molecule has 0 heterocycles. The summed E-state index contributed by atoms with van der Waals surface area (Å²) in [4.78, 5) is 41.4. The molecule has 1 aliphatic rings. The maximum atomic E-state index is 14.9. The Morgan fingerprint density at radius 2 is 1.60 bits per heavy atom. The summed E-state index contributed by atoms with van der Waals surface area (Å²) in [5.74, 6) is -1.85. The number of rotatable bonds is 12. The zero-order valence-corrected chi connectivity index (χ0v) is 25.4. The number of hydrogen-bond donors (Lipinski definition) is 1. The monoisotopic (exact) mass is 607 g/mol. The highest BCUT2D eigenvalue weighted by atomic mass is 32.2. The van der Waals surface area contributed by atoms with Crippen LogP contribution in [0, 0.1) is 5.82 Å². The molecular weight excluding hydrogens is 569 g/mol. The molecule has 2 amide bonds. The van der Waals surface area contributed by atoms with Gasteiger partial charge < -0.3 is 10.2 Å². The number of Topliss-reactive ketones (excluding diaryl/α,β-unsaturated/α-hetero) is 1. The van der Waals surface area contributed by atoms with Crippen LogP contribution in [-0.4, -0.2) is 55.8 Å². The van der Waals surface area contributed by atoms with E-state index >= 15 is 0 Å². The number of nitrogens with zero attached hydrogens (tertiary/aromatic N) is 2. The van der Waals surface area contributed by atoms with Crippen molar-refractivity contribution in [2.75, 3.05) is 17.1 Å². The lowest BCUT2D eigenvalue weighted by atomic mass is 9.94. The molecule has 1 saturated carbocycles. The van der Waals surface area contributed by atoms with Gasteiger partial charge in [0, 0.05) is 30.1 Å². The van der Waals surface area contributed by atoms with Gasteiger partial charge in [-0.1, -0.05) is 79.9 Å². The summed E-state index contributed by atoms with van der Waals surface area (Å²) in [5.41, 5.74) is 1.42. The number of hydrogen-bond acceptors (Lipinski definition) is 5. The van der Waals surface area contributed by atoms with E-state index in [4.69, 9.17) is 0 Å². The number of carbonyl (C=O) groups excluding carboxylic acids is 3. The number of ketones is 1. The molecule has 1 fully saturated rings. The van der Waals surface area contributed by atoms with Crippen LogP contribution in [0.15, 0.2) is 78.9 Å². The average Bonchev–Trinajstić information content (AvgIpc) is 2.99. The molecule has 0 spiro atoms. The first kappa shape index (κ1) is 31.9. The van der Waals surface area contributed by atoms with E-state index in [1.165, 1.54) is 36.1 Å². The minimum Gasteiger partial charge on any atom is -0.352 e. The van der Waals surface area contributed by atoms with E-state index in [2.05, 4.69) is 5.32 Å². The van der Waals surface area contributed by atoms with Crippen molar-refractivity contribution in [1.82, 2.24) is 10.2 Å². The normalized spacial score (nSPS) is 14.5. The zero-order valence-electron chi connectivity index (χ0n) is 24.5. The van der Waals surface area contributed by atoms with Gasteiger partial charge in [0.2, 0.25) is 21.8 Å². The number of halogens is 1. The molecule has 0 bridgehead atoms.